The van der Waals surface area contributed by atoms with Crippen LogP contribution in [0.2, 0.25) is 0 Å². The lowest BCUT2D eigenvalue weighted by Gasteiger charge is -2.13. The Kier molecular flexibility index (Phi) is 3.58. The highest BCUT2D eigenvalue weighted by atomic mass is 16.3. The number of fused-ring (bicyclic) bond motifs is 9. The lowest BCUT2D eigenvalue weighted by Crippen LogP contribution is -1.91. The van der Waals surface area contributed by atoms with Crippen molar-refractivity contribution < 1.29 is 4.42 Å². The van der Waals surface area contributed by atoms with Gasteiger partial charge >= 0.3 is 0 Å². The van der Waals surface area contributed by atoms with Gasteiger partial charge in [0.1, 0.15) is 11.2 Å². The molecule has 1 N–H and O–H groups in total. The Labute approximate surface area is 184 Å². The Balaban J connectivity index is 1.39. The van der Waals surface area contributed by atoms with Gasteiger partial charge < -0.3 is 9.73 Å². The van der Waals surface area contributed by atoms with Crippen LogP contribution in [0.15, 0.2) is 114 Å². The van der Waals surface area contributed by atoms with Crippen LogP contribution in [-0.4, -0.2) is 0 Å². The molecule has 0 saturated carbocycles. The molecule has 0 atom stereocenters. The van der Waals surface area contributed by atoms with E-state index in [-0.39, 0.29) is 0 Å². The molecule has 0 radical (unpaired) electrons. The van der Waals surface area contributed by atoms with Gasteiger partial charge in [0.05, 0.1) is 0 Å². The highest BCUT2D eigenvalue weighted by molar-refractivity contribution is 6.25. The predicted molar refractivity (Wildman–Crippen MR) is 136 cm³/mol. The van der Waals surface area contributed by atoms with Crippen molar-refractivity contribution >= 4 is 65.6 Å². The monoisotopic (exact) mass is 409 g/mol. The van der Waals surface area contributed by atoms with Crippen LogP contribution in [0, 0.1) is 0 Å². The number of benzene rings is 6. The molecule has 0 bridgehead atoms. The molecule has 6 aromatic carbocycles. The molecule has 0 unspecified atom stereocenters. The van der Waals surface area contributed by atoms with Gasteiger partial charge in [0, 0.05) is 28.2 Å². The topological polar surface area (TPSA) is 25.2 Å². The number of furan rings is 1. The fourth-order valence-corrected chi connectivity index (χ4v) is 4.96. The standard InChI is InChI=1S/C30H19NO/c1-2-9-23-21(7-1)22-8-3-4-10-24(22)28-17-19(13-15-25(23)28)31-20-14-16-27-26-11-5-6-12-29(26)32-30(27)18-20/h1-18,31H. The molecule has 7 rings (SSSR count). The van der Waals surface area contributed by atoms with Gasteiger partial charge in [-0.2, -0.15) is 0 Å². The minimum atomic E-state index is 0.897. The van der Waals surface area contributed by atoms with Crippen molar-refractivity contribution in [2.24, 2.45) is 0 Å². The van der Waals surface area contributed by atoms with Crippen LogP contribution >= 0.6 is 0 Å². The number of para-hydroxylation sites is 1. The van der Waals surface area contributed by atoms with E-state index < -0.39 is 0 Å². The summed E-state index contributed by atoms with van der Waals surface area (Å²) in [4.78, 5) is 0. The van der Waals surface area contributed by atoms with Crippen molar-refractivity contribution in [1.82, 2.24) is 0 Å². The molecule has 2 heteroatoms. The van der Waals surface area contributed by atoms with E-state index in [0.29, 0.717) is 0 Å². The van der Waals surface area contributed by atoms with Crippen LogP contribution in [0.5, 0.6) is 0 Å². The molecule has 2 nitrogen and oxygen atoms in total. The molecule has 0 aliphatic heterocycles. The van der Waals surface area contributed by atoms with Gasteiger partial charge in [-0.25, -0.2) is 0 Å². The first-order valence-electron chi connectivity index (χ1n) is 10.9. The van der Waals surface area contributed by atoms with E-state index in [1.54, 1.807) is 0 Å². The molecule has 150 valence electrons. The van der Waals surface area contributed by atoms with Crippen LogP contribution in [-0.2, 0) is 0 Å². The highest BCUT2D eigenvalue weighted by Crippen LogP contribution is 2.37. The normalized spacial score (nSPS) is 11.8. The third kappa shape index (κ3) is 2.53. The largest absolute Gasteiger partial charge is 0.456 e. The van der Waals surface area contributed by atoms with Crippen LogP contribution in [0.1, 0.15) is 0 Å². The minimum absolute atomic E-state index is 0.897. The lowest BCUT2D eigenvalue weighted by molar-refractivity contribution is 0.669. The Morgan fingerprint density at radius 1 is 0.375 bits per heavy atom. The maximum atomic E-state index is 6.07. The summed E-state index contributed by atoms with van der Waals surface area (Å²) < 4.78 is 6.07. The number of hydrogen-bond donors (Lipinski definition) is 1. The fourth-order valence-electron chi connectivity index (χ4n) is 4.96. The van der Waals surface area contributed by atoms with E-state index >= 15 is 0 Å². The zero-order valence-electron chi connectivity index (χ0n) is 17.3. The molecular weight excluding hydrogens is 390 g/mol. The number of anilines is 2. The summed E-state index contributed by atoms with van der Waals surface area (Å²) in [7, 11) is 0. The second-order valence-electron chi connectivity index (χ2n) is 8.29. The van der Waals surface area contributed by atoms with Crippen molar-refractivity contribution in [3.05, 3.63) is 109 Å². The molecular formula is C30H19NO. The second-order valence-corrected chi connectivity index (χ2v) is 8.29. The molecule has 0 fully saturated rings. The first-order valence-corrected chi connectivity index (χ1v) is 10.9. The first kappa shape index (κ1) is 17.4. The van der Waals surface area contributed by atoms with Crippen molar-refractivity contribution in [3.8, 4) is 0 Å². The summed E-state index contributed by atoms with van der Waals surface area (Å²) in [6.45, 7) is 0. The van der Waals surface area contributed by atoms with Crippen molar-refractivity contribution in [1.29, 1.82) is 0 Å². The van der Waals surface area contributed by atoms with Gasteiger partial charge in [-0.3, -0.25) is 0 Å². The molecule has 0 aliphatic rings. The van der Waals surface area contributed by atoms with E-state index in [2.05, 4.69) is 96.3 Å². The Bertz CT molecular complexity index is 1770. The van der Waals surface area contributed by atoms with Gasteiger partial charge in [-0.1, -0.05) is 72.8 Å². The van der Waals surface area contributed by atoms with Crippen LogP contribution < -0.4 is 5.32 Å². The summed E-state index contributed by atoms with van der Waals surface area (Å²) in [5.41, 5.74) is 3.89. The average molecular weight is 409 g/mol. The fraction of sp³-hybridized carbons (Fsp3) is 0. The van der Waals surface area contributed by atoms with Gasteiger partial charge in [-0.05, 0) is 62.6 Å². The molecule has 1 heterocycles. The zero-order valence-corrected chi connectivity index (χ0v) is 17.3. The van der Waals surface area contributed by atoms with E-state index in [4.69, 9.17) is 4.42 Å². The quantitative estimate of drug-likeness (QED) is 0.289. The van der Waals surface area contributed by atoms with Crippen molar-refractivity contribution in [3.63, 3.8) is 0 Å². The Morgan fingerprint density at radius 2 is 0.844 bits per heavy atom. The van der Waals surface area contributed by atoms with E-state index in [1.807, 2.05) is 18.2 Å². The summed E-state index contributed by atoms with van der Waals surface area (Å²) in [5.74, 6) is 0. The Hall–Kier alpha value is -4.30. The molecule has 7 aromatic rings. The van der Waals surface area contributed by atoms with E-state index in [1.165, 1.54) is 32.3 Å². The van der Waals surface area contributed by atoms with Crippen molar-refractivity contribution in [2.75, 3.05) is 5.32 Å². The molecule has 0 spiro atoms. The van der Waals surface area contributed by atoms with Gasteiger partial charge in [-0.15, -0.1) is 0 Å². The third-order valence-corrected chi connectivity index (χ3v) is 6.41. The summed E-state index contributed by atoms with van der Waals surface area (Å²) in [6, 6.07) is 38.5. The average Bonchev–Trinajstić information content (AvgIpc) is 3.22. The van der Waals surface area contributed by atoms with Crippen LogP contribution in [0.25, 0.3) is 54.3 Å². The van der Waals surface area contributed by atoms with Gasteiger partial charge in [0.15, 0.2) is 0 Å². The van der Waals surface area contributed by atoms with Crippen LogP contribution in [0.3, 0.4) is 0 Å². The minimum Gasteiger partial charge on any atom is -0.456 e. The zero-order chi connectivity index (χ0) is 21.1. The Morgan fingerprint density at radius 3 is 1.53 bits per heavy atom. The van der Waals surface area contributed by atoms with E-state index in [0.717, 1.165) is 33.3 Å². The number of nitrogens with one attached hydrogen (secondary N) is 1. The number of rotatable bonds is 2. The van der Waals surface area contributed by atoms with Crippen molar-refractivity contribution in [2.45, 2.75) is 0 Å². The van der Waals surface area contributed by atoms with Gasteiger partial charge in [0.2, 0.25) is 0 Å². The SMILES string of the molecule is c1ccc2c(c1)oc1cc(Nc3ccc4c5ccccc5c5ccccc5c4c3)ccc12. The van der Waals surface area contributed by atoms with Crippen LogP contribution in [0.4, 0.5) is 11.4 Å². The number of hydrogen-bond acceptors (Lipinski definition) is 2. The predicted octanol–water partition coefficient (Wildman–Crippen LogP) is 8.79. The summed E-state index contributed by atoms with van der Waals surface area (Å²) >= 11 is 0. The molecule has 32 heavy (non-hydrogen) atoms. The smallest absolute Gasteiger partial charge is 0.137 e. The molecule has 0 saturated heterocycles. The third-order valence-electron chi connectivity index (χ3n) is 6.41. The van der Waals surface area contributed by atoms with E-state index in [9.17, 15) is 0 Å². The molecule has 0 aliphatic carbocycles. The summed E-state index contributed by atoms with van der Waals surface area (Å²) in [6.07, 6.45) is 0. The maximum absolute atomic E-state index is 6.07. The lowest BCUT2D eigenvalue weighted by atomic mass is 9.94. The summed E-state index contributed by atoms with van der Waals surface area (Å²) in [5, 5.41) is 13.6. The second kappa shape index (κ2) is 6.60. The maximum Gasteiger partial charge on any atom is 0.137 e. The molecule has 1 aromatic heterocycles. The molecule has 0 amide bonds. The van der Waals surface area contributed by atoms with Gasteiger partial charge in [0.25, 0.3) is 0 Å². The first-order chi connectivity index (χ1) is 15.8. The highest BCUT2D eigenvalue weighted by Gasteiger charge is 2.10.